The summed E-state index contributed by atoms with van der Waals surface area (Å²) < 4.78 is 18.4. The van der Waals surface area contributed by atoms with Gasteiger partial charge >= 0.3 is 6.09 Å². The molecule has 0 saturated carbocycles. The van der Waals surface area contributed by atoms with Gasteiger partial charge in [-0.3, -0.25) is 4.90 Å². The molecule has 0 aliphatic carbocycles. The van der Waals surface area contributed by atoms with Crippen molar-refractivity contribution in [2.75, 3.05) is 26.3 Å². The number of alkyl halides is 1. The van der Waals surface area contributed by atoms with E-state index in [4.69, 9.17) is 4.74 Å². The van der Waals surface area contributed by atoms with Crippen LogP contribution in [0.1, 0.15) is 46.5 Å². The van der Waals surface area contributed by atoms with Gasteiger partial charge in [0.15, 0.2) is 0 Å². The average molecular weight is 286 g/mol. The molecular formula is C15H27FN2O2. The predicted octanol–water partition coefficient (Wildman–Crippen LogP) is 2.82. The molecule has 2 fully saturated rings. The monoisotopic (exact) mass is 286 g/mol. The highest BCUT2D eigenvalue weighted by molar-refractivity contribution is 5.68. The van der Waals surface area contributed by atoms with Gasteiger partial charge in [0.1, 0.15) is 12.3 Å². The second kappa shape index (κ2) is 6.29. The van der Waals surface area contributed by atoms with Gasteiger partial charge in [-0.05, 0) is 53.0 Å². The lowest BCUT2D eigenvalue weighted by atomic mass is 10.0. The number of likely N-dealkylation sites (tertiary alicyclic amines) is 2. The fourth-order valence-corrected chi connectivity index (χ4v) is 3.21. The van der Waals surface area contributed by atoms with Crippen LogP contribution in [0, 0.1) is 0 Å². The maximum atomic E-state index is 13.0. The van der Waals surface area contributed by atoms with Crippen LogP contribution in [0.5, 0.6) is 0 Å². The summed E-state index contributed by atoms with van der Waals surface area (Å²) >= 11 is 0. The SMILES string of the molecule is CC(C)(C)OC(=O)N1CCC(N2CCC[C@@H]2CF)CC1. The first kappa shape index (κ1) is 15.5. The number of amides is 1. The quantitative estimate of drug-likeness (QED) is 0.782. The Morgan fingerprint density at radius 2 is 1.85 bits per heavy atom. The molecule has 20 heavy (non-hydrogen) atoms. The Balaban J connectivity index is 1.82. The summed E-state index contributed by atoms with van der Waals surface area (Å²) in [6.45, 7) is 7.84. The first-order chi connectivity index (χ1) is 9.40. The van der Waals surface area contributed by atoms with Crippen molar-refractivity contribution in [3.8, 4) is 0 Å². The molecular weight excluding hydrogens is 259 g/mol. The van der Waals surface area contributed by atoms with Crippen LogP contribution < -0.4 is 0 Å². The largest absolute Gasteiger partial charge is 0.444 e. The summed E-state index contributed by atoms with van der Waals surface area (Å²) in [5.41, 5.74) is -0.442. The molecule has 0 aromatic rings. The third-order valence-electron chi connectivity index (χ3n) is 4.19. The number of rotatable bonds is 2. The molecule has 2 aliphatic rings. The van der Waals surface area contributed by atoms with Crippen molar-refractivity contribution in [3.05, 3.63) is 0 Å². The standard InChI is InChI=1S/C15H27FN2O2/c1-15(2,3)20-14(19)17-9-6-12(7-10-17)18-8-4-5-13(18)11-16/h12-13H,4-11H2,1-3H3/t13-/m1/s1. The maximum Gasteiger partial charge on any atom is 0.410 e. The Hall–Kier alpha value is -0.840. The third kappa shape index (κ3) is 3.84. The van der Waals surface area contributed by atoms with Crippen LogP contribution in [-0.4, -0.2) is 59.9 Å². The van der Waals surface area contributed by atoms with Gasteiger partial charge in [0.05, 0.1) is 0 Å². The molecule has 2 saturated heterocycles. The smallest absolute Gasteiger partial charge is 0.410 e. The highest BCUT2D eigenvalue weighted by atomic mass is 19.1. The number of carbonyl (C=O) groups is 1. The fraction of sp³-hybridized carbons (Fsp3) is 0.933. The molecule has 4 nitrogen and oxygen atoms in total. The van der Waals surface area contributed by atoms with Crippen LogP contribution in [-0.2, 0) is 4.74 Å². The molecule has 0 N–H and O–H groups in total. The number of ether oxygens (including phenoxy) is 1. The molecule has 2 heterocycles. The lowest BCUT2D eigenvalue weighted by molar-refractivity contribution is 0.0128. The Kier molecular flexibility index (Phi) is 4.89. The van der Waals surface area contributed by atoms with E-state index in [2.05, 4.69) is 4.90 Å². The van der Waals surface area contributed by atoms with Crippen molar-refractivity contribution in [2.24, 2.45) is 0 Å². The molecule has 0 radical (unpaired) electrons. The van der Waals surface area contributed by atoms with Crippen molar-refractivity contribution in [3.63, 3.8) is 0 Å². The Morgan fingerprint density at radius 3 is 2.40 bits per heavy atom. The van der Waals surface area contributed by atoms with Gasteiger partial charge in [0.2, 0.25) is 0 Å². The van der Waals surface area contributed by atoms with E-state index in [-0.39, 0.29) is 18.8 Å². The zero-order valence-electron chi connectivity index (χ0n) is 12.9. The molecule has 1 atom stereocenters. The Labute approximate surface area is 121 Å². The molecule has 2 aliphatic heterocycles. The van der Waals surface area contributed by atoms with E-state index in [1.165, 1.54) is 0 Å². The molecule has 116 valence electrons. The average Bonchev–Trinajstić information content (AvgIpc) is 2.85. The minimum Gasteiger partial charge on any atom is -0.444 e. The molecule has 0 spiro atoms. The number of carbonyl (C=O) groups excluding carboxylic acids is 1. The molecule has 2 rings (SSSR count). The van der Waals surface area contributed by atoms with E-state index in [0.717, 1.165) is 45.3 Å². The lowest BCUT2D eigenvalue weighted by Gasteiger charge is -2.39. The van der Waals surface area contributed by atoms with Gasteiger partial charge in [-0.15, -0.1) is 0 Å². The van der Waals surface area contributed by atoms with Gasteiger partial charge in [0, 0.05) is 25.2 Å². The van der Waals surface area contributed by atoms with Crippen LogP contribution in [0.25, 0.3) is 0 Å². The number of hydrogen-bond donors (Lipinski definition) is 0. The number of nitrogens with zero attached hydrogens (tertiary/aromatic N) is 2. The number of hydrogen-bond acceptors (Lipinski definition) is 3. The second-order valence-electron chi connectivity index (χ2n) is 6.89. The van der Waals surface area contributed by atoms with Crippen LogP contribution in [0.2, 0.25) is 0 Å². The van der Waals surface area contributed by atoms with E-state index in [9.17, 15) is 9.18 Å². The van der Waals surface area contributed by atoms with Gasteiger partial charge in [-0.1, -0.05) is 0 Å². The molecule has 0 aromatic heterocycles. The van der Waals surface area contributed by atoms with E-state index < -0.39 is 5.60 Å². The molecule has 0 aromatic carbocycles. The van der Waals surface area contributed by atoms with Crippen molar-refractivity contribution >= 4 is 6.09 Å². The summed E-state index contributed by atoms with van der Waals surface area (Å²) in [7, 11) is 0. The topological polar surface area (TPSA) is 32.8 Å². The zero-order chi connectivity index (χ0) is 14.8. The van der Waals surface area contributed by atoms with Gasteiger partial charge in [-0.2, -0.15) is 0 Å². The summed E-state index contributed by atoms with van der Waals surface area (Å²) in [4.78, 5) is 16.1. The molecule has 5 heteroatoms. The van der Waals surface area contributed by atoms with Crippen molar-refractivity contribution < 1.29 is 13.9 Å². The predicted molar refractivity (Wildman–Crippen MR) is 76.5 cm³/mol. The van der Waals surface area contributed by atoms with Gasteiger partial charge in [0.25, 0.3) is 0 Å². The second-order valence-corrected chi connectivity index (χ2v) is 6.89. The summed E-state index contributed by atoms with van der Waals surface area (Å²) in [6.07, 6.45) is 3.70. The third-order valence-corrected chi connectivity index (χ3v) is 4.19. The van der Waals surface area contributed by atoms with Crippen LogP contribution in [0.15, 0.2) is 0 Å². The highest BCUT2D eigenvalue weighted by Crippen LogP contribution is 2.26. The lowest BCUT2D eigenvalue weighted by Crippen LogP contribution is -2.49. The van der Waals surface area contributed by atoms with E-state index in [1.807, 2.05) is 20.8 Å². The van der Waals surface area contributed by atoms with Gasteiger partial charge in [-0.25, -0.2) is 9.18 Å². The van der Waals surface area contributed by atoms with Crippen molar-refractivity contribution in [1.82, 2.24) is 9.80 Å². The molecule has 0 unspecified atom stereocenters. The van der Waals surface area contributed by atoms with Gasteiger partial charge < -0.3 is 9.64 Å². The fourth-order valence-electron chi connectivity index (χ4n) is 3.21. The van der Waals surface area contributed by atoms with Crippen LogP contribution in [0.3, 0.4) is 0 Å². The zero-order valence-corrected chi connectivity index (χ0v) is 12.9. The first-order valence-electron chi connectivity index (χ1n) is 7.70. The minimum absolute atomic E-state index is 0.105. The Bertz CT molecular complexity index is 335. The van der Waals surface area contributed by atoms with Crippen LogP contribution in [0.4, 0.5) is 9.18 Å². The molecule has 0 bridgehead atoms. The van der Waals surface area contributed by atoms with Crippen molar-refractivity contribution in [1.29, 1.82) is 0 Å². The Morgan fingerprint density at radius 1 is 1.20 bits per heavy atom. The maximum absolute atomic E-state index is 13.0. The normalized spacial score (nSPS) is 26.0. The first-order valence-corrected chi connectivity index (χ1v) is 7.70. The van der Waals surface area contributed by atoms with Crippen LogP contribution >= 0.6 is 0 Å². The summed E-state index contributed by atoms with van der Waals surface area (Å²) in [6, 6.07) is 0.532. The van der Waals surface area contributed by atoms with E-state index >= 15 is 0 Å². The van der Waals surface area contributed by atoms with E-state index in [1.54, 1.807) is 4.90 Å². The van der Waals surface area contributed by atoms with E-state index in [0.29, 0.717) is 6.04 Å². The number of piperidine rings is 1. The minimum atomic E-state index is -0.442. The highest BCUT2D eigenvalue weighted by Gasteiger charge is 2.34. The number of halogens is 1. The summed E-state index contributed by atoms with van der Waals surface area (Å²) in [5, 5.41) is 0. The van der Waals surface area contributed by atoms with Crippen molar-refractivity contribution in [2.45, 2.75) is 64.1 Å². The summed E-state index contributed by atoms with van der Waals surface area (Å²) in [5.74, 6) is 0. The molecule has 1 amide bonds.